The highest BCUT2D eigenvalue weighted by Gasteiger charge is 2.31. The molecule has 3 N–H and O–H groups in total. The fourth-order valence-corrected chi connectivity index (χ4v) is 15.6. The molecule has 0 aromatic rings. The van der Waals surface area contributed by atoms with Crippen LogP contribution in [0.2, 0.25) is 0 Å². The van der Waals surface area contributed by atoms with Gasteiger partial charge >= 0.3 is 39.5 Å². The molecule has 0 aliphatic rings. The summed E-state index contributed by atoms with van der Waals surface area (Å²) in [5.74, 6) is 0.381. The Balaban J connectivity index is 5.24. The maximum absolute atomic E-state index is 13.2. The smallest absolute Gasteiger partial charge is 0.462 e. The first-order valence-corrected chi connectivity index (χ1v) is 49.4. The molecule has 0 saturated carbocycles. The molecule has 0 bridgehead atoms. The van der Waals surface area contributed by atoms with Crippen molar-refractivity contribution >= 4 is 39.5 Å². The van der Waals surface area contributed by atoms with Crippen molar-refractivity contribution in [2.45, 2.75) is 497 Å². The molecular formula is C90H176O17P2. The lowest BCUT2D eigenvalue weighted by molar-refractivity contribution is -0.161. The van der Waals surface area contributed by atoms with E-state index in [0.29, 0.717) is 25.7 Å². The number of hydrogen-bond acceptors (Lipinski definition) is 15. The van der Waals surface area contributed by atoms with Gasteiger partial charge in [-0.15, -0.1) is 0 Å². The molecule has 19 heteroatoms. The van der Waals surface area contributed by atoms with Gasteiger partial charge in [0, 0.05) is 25.7 Å². The molecule has 0 rings (SSSR count). The summed E-state index contributed by atoms with van der Waals surface area (Å²) in [7, 11) is -9.93. The van der Waals surface area contributed by atoms with Crippen LogP contribution in [-0.4, -0.2) is 96.7 Å². The topological polar surface area (TPSA) is 237 Å². The van der Waals surface area contributed by atoms with Crippen LogP contribution in [0, 0.1) is 17.8 Å². The second-order valence-electron chi connectivity index (χ2n) is 33.5. The van der Waals surface area contributed by atoms with Crippen molar-refractivity contribution in [2.24, 2.45) is 17.8 Å². The maximum Gasteiger partial charge on any atom is 0.472 e. The quantitative estimate of drug-likeness (QED) is 0.0222. The van der Waals surface area contributed by atoms with Crippen molar-refractivity contribution in [3.05, 3.63) is 0 Å². The Kier molecular flexibility index (Phi) is 78.5. The number of esters is 4. The van der Waals surface area contributed by atoms with E-state index in [4.69, 9.17) is 37.0 Å². The van der Waals surface area contributed by atoms with E-state index in [-0.39, 0.29) is 25.7 Å². The summed E-state index contributed by atoms with van der Waals surface area (Å²) in [5, 5.41) is 10.7. The Bertz CT molecular complexity index is 2100. The SMILES string of the molecule is CCCCCCCCCCCCCC(=O)OC[C@H](COP(=O)(O)OC[C@H](O)COP(=O)(O)OC[C@@H](COC(=O)CCCCCCCCCCCCCCCCCCC(C)C)OC(=O)CCCCCCCCCCCCCCCCCCCCC(C)CC)OC(=O)CCCCCCCCCCCCCCCCC(C)C. The third-order valence-electron chi connectivity index (χ3n) is 21.5. The van der Waals surface area contributed by atoms with Crippen molar-refractivity contribution in [1.82, 2.24) is 0 Å². The Morgan fingerprint density at radius 1 is 0.266 bits per heavy atom. The molecule has 0 aliphatic heterocycles. The van der Waals surface area contributed by atoms with Crippen molar-refractivity contribution < 1.29 is 80.2 Å². The zero-order chi connectivity index (χ0) is 80.0. The molecule has 3 unspecified atom stereocenters. The third-order valence-corrected chi connectivity index (χ3v) is 23.4. The summed E-state index contributed by atoms with van der Waals surface area (Å²) in [6.45, 7) is 12.1. The first-order valence-electron chi connectivity index (χ1n) is 46.4. The van der Waals surface area contributed by atoms with Crippen molar-refractivity contribution in [3.63, 3.8) is 0 Å². The monoisotopic (exact) mass is 1590 g/mol. The van der Waals surface area contributed by atoms with E-state index in [1.807, 2.05) is 0 Å². The van der Waals surface area contributed by atoms with E-state index in [1.165, 1.54) is 289 Å². The lowest BCUT2D eigenvalue weighted by atomic mass is 9.99. The molecule has 0 aromatic heterocycles. The van der Waals surface area contributed by atoms with Gasteiger partial charge in [0.25, 0.3) is 0 Å². The lowest BCUT2D eigenvalue weighted by Crippen LogP contribution is -2.30. The zero-order valence-electron chi connectivity index (χ0n) is 72.0. The van der Waals surface area contributed by atoms with Crippen LogP contribution in [-0.2, 0) is 65.4 Å². The number of hydrogen-bond donors (Lipinski definition) is 3. The molecule has 0 heterocycles. The molecule has 0 aromatic carbocycles. The van der Waals surface area contributed by atoms with Gasteiger partial charge in [-0.2, -0.15) is 0 Å². The molecule has 0 radical (unpaired) electrons. The average molecular weight is 1590 g/mol. The van der Waals surface area contributed by atoms with Gasteiger partial charge in [0.15, 0.2) is 12.2 Å². The minimum Gasteiger partial charge on any atom is -0.462 e. The van der Waals surface area contributed by atoms with Crippen molar-refractivity contribution in [2.75, 3.05) is 39.6 Å². The summed E-state index contributed by atoms with van der Waals surface area (Å²) in [5.41, 5.74) is 0. The fourth-order valence-electron chi connectivity index (χ4n) is 14.0. The van der Waals surface area contributed by atoms with E-state index >= 15 is 0 Å². The van der Waals surface area contributed by atoms with E-state index in [9.17, 15) is 43.2 Å². The minimum atomic E-state index is -4.97. The summed E-state index contributed by atoms with van der Waals surface area (Å²) in [6, 6.07) is 0. The maximum atomic E-state index is 13.2. The summed E-state index contributed by atoms with van der Waals surface area (Å²) in [6.07, 6.45) is 72.1. The summed E-state index contributed by atoms with van der Waals surface area (Å²) < 4.78 is 69.0. The molecular weight excluding hydrogens is 1410 g/mol. The highest BCUT2D eigenvalue weighted by atomic mass is 31.2. The van der Waals surface area contributed by atoms with Crippen LogP contribution in [0.25, 0.3) is 0 Å². The number of aliphatic hydroxyl groups excluding tert-OH is 1. The normalized spacial score (nSPS) is 14.1. The number of carbonyl (C=O) groups is 4. The lowest BCUT2D eigenvalue weighted by Gasteiger charge is -2.21. The number of phosphoric ester groups is 2. The Hall–Kier alpha value is -1.94. The predicted octanol–water partition coefficient (Wildman–Crippen LogP) is 27.6. The molecule has 0 saturated heterocycles. The van der Waals surface area contributed by atoms with Gasteiger partial charge in [-0.05, 0) is 43.4 Å². The van der Waals surface area contributed by atoms with E-state index in [1.54, 1.807) is 0 Å². The van der Waals surface area contributed by atoms with Crippen LogP contribution >= 0.6 is 15.6 Å². The van der Waals surface area contributed by atoms with Gasteiger partial charge in [0.05, 0.1) is 26.4 Å². The van der Waals surface area contributed by atoms with Gasteiger partial charge in [0.2, 0.25) is 0 Å². The first-order chi connectivity index (χ1) is 52.8. The number of phosphoric acid groups is 2. The third kappa shape index (κ3) is 82.4. The van der Waals surface area contributed by atoms with Crippen molar-refractivity contribution in [3.8, 4) is 0 Å². The molecule has 0 aliphatic carbocycles. The van der Waals surface area contributed by atoms with Gasteiger partial charge in [0.1, 0.15) is 19.3 Å². The number of aliphatic hydroxyl groups is 1. The highest BCUT2D eigenvalue weighted by Crippen LogP contribution is 2.45. The number of rotatable bonds is 88. The van der Waals surface area contributed by atoms with E-state index in [2.05, 4.69) is 48.5 Å². The zero-order valence-corrected chi connectivity index (χ0v) is 73.8. The summed E-state index contributed by atoms with van der Waals surface area (Å²) in [4.78, 5) is 73.4. The highest BCUT2D eigenvalue weighted by molar-refractivity contribution is 7.47. The van der Waals surface area contributed by atoms with Crippen LogP contribution in [0.1, 0.15) is 479 Å². The molecule has 0 spiro atoms. The van der Waals surface area contributed by atoms with Crippen LogP contribution in [0.5, 0.6) is 0 Å². The first kappa shape index (κ1) is 107. The molecule has 0 fully saturated rings. The van der Waals surface area contributed by atoms with Gasteiger partial charge in [-0.25, -0.2) is 9.13 Å². The fraction of sp³-hybridized carbons (Fsp3) is 0.956. The Morgan fingerprint density at radius 3 is 0.697 bits per heavy atom. The van der Waals surface area contributed by atoms with Crippen molar-refractivity contribution in [1.29, 1.82) is 0 Å². The van der Waals surface area contributed by atoms with Crippen LogP contribution in [0.4, 0.5) is 0 Å². The molecule has 0 amide bonds. The standard InChI is InChI=1S/C90H176O17P2/c1-8-10-11-12-13-14-33-43-50-57-64-71-87(92)100-77-85(106-90(95)74-67-60-53-46-39-32-26-25-28-35-41-48-55-62-69-82(5)6)79-104-108(96,97)102-75-84(91)76-103-109(98,99)105-80-86(78-101-88(93)72-65-58-51-44-37-30-23-20-19-21-27-34-40-47-54-61-68-81(3)4)107-89(94)73-66-59-52-45-38-31-24-18-16-15-17-22-29-36-42-49-56-63-70-83(7)9-2/h81-86,91H,8-80H2,1-7H3,(H,96,97)(H,98,99)/t83?,84-,85+,86+/m0/s1. The Labute approximate surface area is 670 Å². The number of unbranched alkanes of at least 4 members (excludes halogenated alkanes) is 55. The predicted molar refractivity (Wildman–Crippen MR) is 451 cm³/mol. The second kappa shape index (κ2) is 79.9. The largest absolute Gasteiger partial charge is 0.472 e. The minimum absolute atomic E-state index is 0.108. The summed E-state index contributed by atoms with van der Waals surface area (Å²) >= 11 is 0. The van der Waals surface area contributed by atoms with Gasteiger partial charge in [-0.1, -0.05) is 427 Å². The van der Waals surface area contributed by atoms with Crippen LogP contribution in [0.3, 0.4) is 0 Å². The van der Waals surface area contributed by atoms with Gasteiger partial charge in [-0.3, -0.25) is 37.3 Å². The average Bonchev–Trinajstić information content (AvgIpc) is 0.897. The van der Waals surface area contributed by atoms with Gasteiger partial charge < -0.3 is 33.8 Å². The molecule has 6 atom stereocenters. The molecule has 109 heavy (non-hydrogen) atoms. The van der Waals surface area contributed by atoms with Crippen LogP contribution < -0.4 is 0 Å². The van der Waals surface area contributed by atoms with E-state index < -0.39 is 97.5 Å². The number of carbonyl (C=O) groups excluding carboxylic acids is 4. The Morgan fingerprint density at radius 2 is 0.468 bits per heavy atom. The van der Waals surface area contributed by atoms with Crippen LogP contribution in [0.15, 0.2) is 0 Å². The molecule has 17 nitrogen and oxygen atoms in total. The second-order valence-corrected chi connectivity index (χ2v) is 36.4. The number of ether oxygens (including phenoxy) is 4. The van der Waals surface area contributed by atoms with E-state index in [0.717, 1.165) is 108 Å². The molecule has 648 valence electrons.